The topological polar surface area (TPSA) is 76.1 Å². The summed E-state index contributed by atoms with van der Waals surface area (Å²) in [6, 6.07) is 7.35. The molecule has 1 saturated heterocycles. The van der Waals surface area contributed by atoms with E-state index in [1.54, 1.807) is 12.0 Å². The third-order valence-electron chi connectivity index (χ3n) is 4.53. The van der Waals surface area contributed by atoms with Gasteiger partial charge in [-0.2, -0.15) is 0 Å². The van der Waals surface area contributed by atoms with Crippen LogP contribution in [0.4, 0.5) is 0 Å². The van der Waals surface area contributed by atoms with Gasteiger partial charge in [0.25, 0.3) is 0 Å². The van der Waals surface area contributed by atoms with Gasteiger partial charge in [-0.3, -0.25) is 9.59 Å². The lowest BCUT2D eigenvalue weighted by Gasteiger charge is -2.25. The molecule has 1 amide bonds. The summed E-state index contributed by atoms with van der Waals surface area (Å²) in [5.41, 5.74) is -0.111. The smallest absolute Gasteiger partial charge is 0.313 e. The zero-order valence-electron chi connectivity index (χ0n) is 13.7. The van der Waals surface area contributed by atoms with Crippen LogP contribution in [0.25, 0.3) is 0 Å². The van der Waals surface area contributed by atoms with Gasteiger partial charge in [-0.25, -0.2) is 0 Å². The second-order valence-corrected chi connectivity index (χ2v) is 6.02. The van der Waals surface area contributed by atoms with E-state index in [-0.39, 0.29) is 25.0 Å². The monoisotopic (exact) mass is 321 g/mol. The van der Waals surface area contributed by atoms with Crippen molar-refractivity contribution in [3.63, 3.8) is 0 Å². The molecule has 126 valence electrons. The largest absolute Gasteiger partial charge is 0.497 e. The molecule has 1 N–H and O–H groups in total. The number of carbonyl (C=O) groups is 2. The molecular weight excluding hydrogens is 298 g/mol. The van der Waals surface area contributed by atoms with Crippen molar-refractivity contribution in [3.05, 3.63) is 29.8 Å². The van der Waals surface area contributed by atoms with Crippen molar-refractivity contribution in [1.82, 2.24) is 4.90 Å². The highest BCUT2D eigenvalue weighted by atomic mass is 16.5. The second-order valence-electron chi connectivity index (χ2n) is 6.02. The number of benzene rings is 1. The van der Waals surface area contributed by atoms with Gasteiger partial charge in [-0.1, -0.05) is 12.1 Å². The molecular formula is C17H23NO5. The van der Waals surface area contributed by atoms with E-state index in [0.29, 0.717) is 13.0 Å². The molecule has 0 spiro atoms. The number of aliphatic carboxylic acids is 1. The molecule has 23 heavy (non-hydrogen) atoms. The molecule has 2 rings (SSSR count). The normalized spacial score (nSPS) is 22.0. The number of likely N-dealkylation sites (tertiary alicyclic amines) is 1. The fourth-order valence-electron chi connectivity index (χ4n) is 3.00. The number of methoxy groups -OCH3 is 2. The lowest BCUT2D eigenvalue weighted by molar-refractivity contribution is -0.151. The predicted octanol–water partition coefficient (Wildman–Crippen LogP) is 1.75. The molecule has 0 bridgehead atoms. The number of rotatable bonds is 6. The van der Waals surface area contributed by atoms with Crippen LogP contribution in [0.15, 0.2) is 24.3 Å². The number of carboxylic acid groups (broad SMARTS) is 1. The number of nitrogens with zero attached hydrogens (tertiary/aromatic N) is 1. The first kappa shape index (κ1) is 17.3. The summed E-state index contributed by atoms with van der Waals surface area (Å²) >= 11 is 0. The van der Waals surface area contributed by atoms with Crippen molar-refractivity contribution >= 4 is 11.9 Å². The standard InChI is InChI=1S/C17H23NO5/c1-12(13-4-6-14(23-3)7-5-13)15(19)18-9-8-17(10-18,11-22-2)16(20)21/h4-7,12H,8-11H2,1-3H3,(H,20,21)/t12-,17+/m0/s1. The lowest BCUT2D eigenvalue weighted by Crippen LogP contribution is -2.41. The van der Waals surface area contributed by atoms with E-state index >= 15 is 0 Å². The van der Waals surface area contributed by atoms with Gasteiger partial charge in [-0.15, -0.1) is 0 Å². The molecule has 6 nitrogen and oxygen atoms in total. The minimum absolute atomic E-state index is 0.0607. The Kier molecular flexibility index (Phi) is 5.26. The fourth-order valence-corrected chi connectivity index (χ4v) is 3.00. The number of hydrogen-bond donors (Lipinski definition) is 1. The van der Waals surface area contributed by atoms with E-state index in [9.17, 15) is 14.7 Å². The van der Waals surface area contributed by atoms with Gasteiger partial charge >= 0.3 is 5.97 Å². The van der Waals surface area contributed by atoms with E-state index in [2.05, 4.69) is 0 Å². The Balaban J connectivity index is 2.09. The maximum Gasteiger partial charge on any atom is 0.313 e. The summed E-state index contributed by atoms with van der Waals surface area (Å²) in [4.78, 5) is 25.9. The average Bonchev–Trinajstić information content (AvgIpc) is 2.99. The van der Waals surface area contributed by atoms with E-state index in [1.807, 2.05) is 31.2 Å². The first-order valence-corrected chi connectivity index (χ1v) is 7.58. The van der Waals surface area contributed by atoms with Gasteiger partial charge in [0.15, 0.2) is 0 Å². The SMILES string of the molecule is COC[C@@]1(C(=O)O)CCN(C(=O)[C@@H](C)c2ccc(OC)cc2)C1. The first-order chi connectivity index (χ1) is 10.9. The van der Waals surface area contributed by atoms with E-state index in [0.717, 1.165) is 11.3 Å². The number of ether oxygens (including phenoxy) is 2. The number of amides is 1. The highest BCUT2D eigenvalue weighted by molar-refractivity contribution is 5.85. The van der Waals surface area contributed by atoms with Crippen molar-refractivity contribution in [2.45, 2.75) is 19.3 Å². The van der Waals surface area contributed by atoms with Crippen LogP contribution in [0, 0.1) is 5.41 Å². The molecule has 0 saturated carbocycles. The summed E-state index contributed by atoms with van der Waals surface area (Å²) in [5.74, 6) is -0.561. The molecule has 1 heterocycles. The summed E-state index contributed by atoms with van der Waals surface area (Å²) in [7, 11) is 3.07. The van der Waals surface area contributed by atoms with Gasteiger partial charge < -0.3 is 19.5 Å². The van der Waals surface area contributed by atoms with Crippen LogP contribution < -0.4 is 4.74 Å². The second kappa shape index (κ2) is 7.00. The third kappa shape index (κ3) is 3.47. The van der Waals surface area contributed by atoms with Gasteiger partial charge in [-0.05, 0) is 31.0 Å². The average molecular weight is 321 g/mol. The number of carboxylic acids is 1. The van der Waals surface area contributed by atoms with Crippen molar-refractivity contribution in [1.29, 1.82) is 0 Å². The Bertz CT molecular complexity index is 571. The Hall–Kier alpha value is -2.08. The van der Waals surface area contributed by atoms with Crippen LogP contribution in [0.2, 0.25) is 0 Å². The van der Waals surface area contributed by atoms with Crippen LogP contribution in [-0.2, 0) is 14.3 Å². The first-order valence-electron chi connectivity index (χ1n) is 7.58. The molecule has 6 heteroatoms. The molecule has 2 atom stereocenters. The summed E-state index contributed by atoms with van der Waals surface area (Å²) < 4.78 is 10.2. The highest BCUT2D eigenvalue weighted by Gasteiger charge is 2.47. The Morgan fingerprint density at radius 3 is 2.48 bits per heavy atom. The Morgan fingerprint density at radius 1 is 1.30 bits per heavy atom. The zero-order valence-corrected chi connectivity index (χ0v) is 13.7. The summed E-state index contributed by atoms with van der Waals surface area (Å²) in [5, 5.41) is 9.48. The zero-order chi connectivity index (χ0) is 17.0. The molecule has 1 aromatic carbocycles. The highest BCUT2D eigenvalue weighted by Crippen LogP contribution is 2.33. The molecule has 1 aromatic rings. The van der Waals surface area contributed by atoms with Crippen LogP contribution in [0.3, 0.4) is 0 Å². The van der Waals surface area contributed by atoms with Crippen LogP contribution >= 0.6 is 0 Å². The molecule has 0 aromatic heterocycles. The molecule has 1 aliphatic rings. The Labute approximate surface area is 136 Å². The van der Waals surface area contributed by atoms with Gasteiger partial charge in [0.05, 0.1) is 19.6 Å². The van der Waals surface area contributed by atoms with Gasteiger partial charge in [0, 0.05) is 20.2 Å². The molecule has 1 fully saturated rings. The number of hydrogen-bond acceptors (Lipinski definition) is 4. The van der Waals surface area contributed by atoms with E-state index < -0.39 is 11.4 Å². The van der Waals surface area contributed by atoms with Crippen molar-refractivity contribution in [2.24, 2.45) is 5.41 Å². The minimum atomic E-state index is -0.996. The molecule has 0 unspecified atom stereocenters. The van der Waals surface area contributed by atoms with E-state index in [1.165, 1.54) is 7.11 Å². The lowest BCUT2D eigenvalue weighted by atomic mass is 9.88. The summed E-state index contributed by atoms with van der Waals surface area (Å²) in [6.45, 7) is 2.58. The van der Waals surface area contributed by atoms with E-state index in [4.69, 9.17) is 9.47 Å². The van der Waals surface area contributed by atoms with Crippen LogP contribution in [0.1, 0.15) is 24.8 Å². The third-order valence-corrected chi connectivity index (χ3v) is 4.53. The van der Waals surface area contributed by atoms with Crippen molar-refractivity contribution in [3.8, 4) is 5.75 Å². The maximum atomic E-state index is 12.7. The molecule has 1 aliphatic heterocycles. The fraction of sp³-hybridized carbons (Fsp3) is 0.529. The van der Waals surface area contributed by atoms with Gasteiger partial charge in [0.1, 0.15) is 11.2 Å². The minimum Gasteiger partial charge on any atom is -0.497 e. The van der Waals surface area contributed by atoms with Crippen molar-refractivity contribution in [2.75, 3.05) is 33.9 Å². The number of carbonyl (C=O) groups excluding carboxylic acids is 1. The van der Waals surface area contributed by atoms with Gasteiger partial charge in [0.2, 0.25) is 5.91 Å². The quantitative estimate of drug-likeness (QED) is 0.864. The Morgan fingerprint density at radius 2 is 1.96 bits per heavy atom. The molecule has 0 radical (unpaired) electrons. The van der Waals surface area contributed by atoms with Crippen molar-refractivity contribution < 1.29 is 24.2 Å². The van der Waals surface area contributed by atoms with Crippen LogP contribution in [0.5, 0.6) is 5.75 Å². The maximum absolute atomic E-state index is 12.7. The summed E-state index contributed by atoms with van der Waals surface area (Å²) in [6.07, 6.45) is 0.414. The molecule has 0 aliphatic carbocycles. The van der Waals surface area contributed by atoms with Crippen LogP contribution in [-0.4, -0.2) is 55.8 Å². The predicted molar refractivity (Wildman–Crippen MR) is 84.6 cm³/mol.